The second-order valence-electron chi connectivity index (χ2n) is 14.1. The van der Waals surface area contributed by atoms with Crippen molar-refractivity contribution in [3.63, 3.8) is 0 Å². The van der Waals surface area contributed by atoms with Gasteiger partial charge in [0.2, 0.25) is 27.7 Å². The molecule has 2 saturated carbocycles. The molecule has 51 heavy (non-hydrogen) atoms. The van der Waals surface area contributed by atoms with Gasteiger partial charge in [0.15, 0.2) is 0 Å². The molecule has 3 fully saturated rings. The number of methoxy groups -OCH3 is 2. The van der Waals surface area contributed by atoms with E-state index in [0.29, 0.717) is 43.2 Å². The van der Waals surface area contributed by atoms with Gasteiger partial charge in [0.1, 0.15) is 29.5 Å². The molecular weight excluding hydrogens is 682 g/mol. The third kappa shape index (κ3) is 7.76. The number of sulfonamides is 1. The van der Waals surface area contributed by atoms with E-state index in [0.717, 1.165) is 5.39 Å². The number of hydrogen-bond donors (Lipinski definition) is 4. The number of fused-ring (bicyclic) bond motifs is 3. The number of aromatic nitrogens is 1. The average Bonchev–Trinajstić information content (AvgIpc) is 4.02. The fraction of sp³-hybridized carbons (Fsp3) is 0.571. The largest absolute Gasteiger partial charge is 0.494 e. The SMILES string of the molecule is COC[C@@H]1C[C@@H](C)CCC=C[C@@H]2C[C@@]2(C(=O)NS(=O)(=O)C2CC2)NC(=O)[C@@H]2C[C@@H](Oc3ncc(OC)c4ccccc34)CN2C(=O)[C@H]1NC(=O)O. The molecule has 15 nitrogen and oxygen atoms in total. The van der Waals surface area contributed by atoms with Crippen molar-refractivity contribution in [2.24, 2.45) is 17.8 Å². The molecule has 6 rings (SSSR count). The second-order valence-corrected chi connectivity index (χ2v) is 16.1. The van der Waals surface area contributed by atoms with Crippen LogP contribution in [0.1, 0.15) is 51.9 Å². The van der Waals surface area contributed by atoms with E-state index in [1.165, 1.54) is 25.3 Å². The smallest absolute Gasteiger partial charge is 0.405 e. The van der Waals surface area contributed by atoms with Crippen LogP contribution < -0.4 is 24.8 Å². The molecule has 0 radical (unpaired) electrons. The van der Waals surface area contributed by atoms with Crippen molar-refractivity contribution in [2.45, 2.75) is 80.8 Å². The van der Waals surface area contributed by atoms with E-state index < -0.39 is 74.7 Å². The first-order valence-electron chi connectivity index (χ1n) is 17.3. The summed E-state index contributed by atoms with van der Waals surface area (Å²) < 4.78 is 45.1. The van der Waals surface area contributed by atoms with Crippen LogP contribution in [0.2, 0.25) is 0 Å². The van der Waals surface area contributed by atoms with Crippen molar-refractivity contribution in [3.05, 3.63) is 42.6 Å². The Morgan fingerprint density at radius 3 is 2.55 bits per heavy atom. The maximum Gasteiger partial charge on any atom is 0.405 e. The Balaban J connectivity index is 1.36. The molecule has 2 aliphatic heterocycles. The summed E-state index contributed by atoms with van der Waals surface area (Å²) in [4.78, 5) is 60.3. The van der Waals surface area contributed by atoms with E-state index in [9.17, 15) is 32.7 Å². The lowest BCUT2D eigenvalue weighted by Crippen LogP contribution is -2.59. The van der Waals surface area contributed by atoms with Gasteiger partial charge < -0.3 is 34.9 Å². The lowest BCUT2D eigenvalue weighted by Gasteiger charge is -2.33. The third-order valence-electron chi connectivity index (χ3n) is 10.3. The maximum atomic E-state index is 14.5. The first-order chi connectivity index (χ1) is 24.4. The van der Waals surface area contributed by atoms with Crippen LogP contribution in [0.3, 0.4) is 0 Å². The summed E-state index contributed by atoms with van der Waals surface area (Å²) in [5, 5.41) is 15.8. The van der Waals surface area contributed by atoms with Gasteiger partial charge in [-0.25, -0.2) is 18.2 Å². The molecule has 2 aliphatic carbocycles. The van der Waals surface area contributed by atoms with Crippen LogP contribution in [0.25, 0.3) is 10.8 Å². The molecule has 2 aromatic rings. The molecule has 1 aromatic carbocycles. The minimum absolute atomic E-state index is 0.0106. The third-order valence-corrected chi connectivity index (χ3v) is 12.1. The van der Waals surface area contributed by atoms with Crippen LogP contribution in [0, 0.1) is 17.8 Å². The van der Waals surface area contributed by atoms with Gasteiger partial charge in [0.05, 0.1) is 31.7 Å². The van der Waals surface area contributed by atoms with E-state index in [1.54, 1.807) is 0 Å². The zero-order valence-electron chi connectivity index (χ0n) is 28.9. The van der Waals surface area contributed by atoms with E-state index in [-0.39, 0.29) is 37.8 Å². The number of allylic oxidation sites excluding steroid dienone is 1. The monoisotopic (exact) mass is 727 g/mol. The predicted molar refractivity (Wildman–Crippen MR) is 184 cm³/mol. The van der Waals surface area contributed by atoms with E-state index in [4.69, 9.17) is 14.2 Å². The standard InChI is InChI=1S/C35H45N5O10S/c1-20-8-4-5-9-22-16-35(22,33(43)39-51(46,47)24-12-13-24)38-30(41)27-15-23(50-31-26-11-7-6-10-25(26)28(49-3)17-36-31)18-40(27)32(42)29(37-34(44)45)21(14-20)19-48-2/h5-7,9-11,17,20-24,27,29,37H,4,8,12-16,18-19H2,1-3H3,(H,38,41)(H,39,43)(H,44,45)/t20-,21-,22+,23+,27-,29-,35+/m0/s1. The molecule has 4 N–H and O–H groups in total. The highest BCUT2D eigenvalue weighted by molar-refractivity contribution is 7.91. The summed E-state index contributed by atoms with van der Waals surface area (Å²) >= 11 is 0. The number of nitrogens with zero attached hydrogens (tertiary/aromatic N) is 2. The van der Waals surface area contributed by atoms with E-state index in [2.05, 4.69) is 20.3 Å². The Kier molecular flexibility index (Phi) is 10.4. The summed E-state index contributed by atoms with van der Waals surface area (Å²) in [5.74, 6) is -2.32. The number of rotatable bonds is 9. The van der Waals surface area contributed by atoms with Crippen LogP contribution in [0.5, 0.6) is 11.6 Å². The molecule has 7 atom stereocenters. The van der Waals surface area contributed by atoms with Crippen LogP contribution in [-0.4, -0.2) is 104 Å². The van der Waals surface area contributed by atoms with Gasteiger partial charge in [0.25, 0.3) is 5.91 Å². The van der Waals surface area contributed by atoms with Gasteiger partial charge in [-0.2, -0.15) is 0 Å². The van der Waals surface area contributed by atoms with Gasteiger partial charge in [-0.15, -0.1) is 0 Å². The molecule has 16 heteroatoms. The molecule has 4 amide bonds. The number of carbonyl (C=O) groups is 4. The Morgan fingerprint density at radius 2 is 1.86 bits per heavy atom. The van der Waals surface area contributed by atoms with Crippen LogP contribution in [-0.2, 0) is 29.1 Å². The maximum absolute atomic E-state index is 14.5. The van der Waals surface area contributed by atoms with Crippen molar-refractivity contribution >= 4 is 44.6 Å². The quantitative estimate of drug-likeness (QED) is 0.276. The van der Waals surface area contributed by atoms with Crippen molar-refractivity contribution in [1.29, 1.82) is 0 Å². The summed E-state index contributed by atoms with van der Waals surface area (Å²) in [7, 11) is -0.900. The lowest BCUT2D eigenvalue weighted by molar-refractivity contribution is -0.142. The summed E-state index contributed by atoms with van der Waals surface area (Å²) in [5.41, 5.74) is -1.54. The number of benzene rings is 1. The number of carboxylic acid groups (broad SMARTS) is 1. The number of amides is 4. The number of hydrogen-bond acceptors (Lipinski definition) is 10. The Hall–Kier alpha value is -4.44. The van der Waals surface area contributed by atoms with Gasteiger partial charge in [0, 0.05) is 36.1 Å². The first-order valence-corrected chi connectivity index (χ1v) is 18.8. The Bertz CT molecular complexity index is 1820. The van der Waals surface area contributed by atoms with Crippen LogP contribution in [0.15, 0.2) is 42.6 Å². The molecule has 1 aromatic heterocycles. The topological polar surface area (TPSA) is 203 Å². The normalized spacial score (nSPS) is 29.9. The number of pyridine rings is 1. The van der Waals surface area contributed by atoms with Crippen molar-refractivity contribution < 1.29 is 46.9 Å². The van der Waals surface area contributed by atoms with Gasteiger partial charge in [-0.3, -0.25) is 19.1 Å². The number of carbonyl (C=O) groups excluding carboxylic acids is 3. The molecule has 0 unspecified atom stereocenters. The number of ether oxygens (including phenoxy) is 3. The van der Waals surface area contributed by atoms with Crippen molar-refractivity contribution in [1.82, 2.24) is 25.2 Å². The van der Waals surface area contributed by atoms with Gasteiger partial charge in [-0.1, -0.05) is 37.3 Å². The molecule has 4 aliphatic rings. The minimum Gasteiger partial charge on any atom is -0.494 e. The molecule has 0 spiro atoms. The zero-order valence-corrected chi connectivity index (χ0v) is 29.7. The molecular formula is C35H45N5O10S. The van der Waals surface area contributed by atoms with Crippen molar-refractivity contribution in [2.75, 3.05) is 27.4 Å². The lowest BCUT2D eigenvalue weighted by atomic mass is 9.87. The van der Waals surface area contributed by atoms with Crippen LogP contribution >= 0.6 is 0 Å². The first kappa shape index (κ1) is 36.4. The fourth-order valence-corrected chi connectivity index (χ4v) is 8.74. The summed E-state index contributed by atoms with van der Waals surface area (Å²) in [6.45, 7) is 2.00. The second kappa shape index (κ2) is 14.7. The van der Waals surface area contributed by atoms with E-state index in [1.807, 2.05) is 43.3 Å². The Labute approximate surface area is 296 Å². The average molecular weight is 728 g/mol. The minimum atomic E-state index is -3.91. The van der Waals surface area contributed by atoms with Crippen LogP contribution in [0.4, 0.5) is 4.79 Å². The Morgan fingerprint density at radius 1 is 1.12 bits per heavy atom. The van der Waals surface area contributed by atoms with E-state index >= 15 is 0 Å². The fourth-order valence-electron chi connectivity index (χ4n) is 7.38. The zero-order chi connectivity index (χ0) is 36.5. The van der Waals surface area contributed by atoms with Crippen molar-refractivity contribution in [3.8, 4) is 11.6 Å². The molecule has 0 bridgehead atoms. The van der Waals surface area contributed by atoms with Gasteiger partial charge in [-0.05, 0) is 50.5 Å². The summed E-state index contributed by atoms with van der Waals surface area (Å²) in [6, 6.07) is 4.89. The highest BCUT2D eigenvalue weighted by Gasteiger charge is 2.62. The molecule has 3 heterocycles. The molecule has 276 valence electrons. The number of nitrogens with one attached hydrogen (secondary N) is 3. The summed E-state index contributed by atoms with van der Waals surface area (Å²) in [6.07, 6.45) is 5.97. The predicted octanol–water partition coefficient (Wildman–Crippen LogP) is 2.35. The molecule has 1 saturated heterocycles. The highest BCUT2D eigenvalue weighted by Crippen LogP contribution is 2.46. The van der Waals surface area contributed by atoms with Gasteiger partial charge >= 0.3 is 6.09 Å². The highest BCUT2D eigenvalue weighted by atomic mass is 32.2.